The summed E-state index contributed by atoms with van der Waals surface area (Å²) in [5, 5.41) is 5.12. The van der Waals surface area contributed by atoms with Crippen LogP contribution in [-0.4, -0.2) is 33.1 Å². The lowest BCUT2D eigenvalue weighted by Crippen LogP contribution is -2.31. The van der Waals surface area contributed by atoms with Crippen molar-refractivity contribution in [1.82, 2.24) is 14.7 Å². The Morgan fingerprint density at radius 1 is 1.50 bits per heavy atom. The summed E-state index contributed by atoms with van der Waals surface area (Å²) in [4.78, 5) is 2.40. The number of halogens is 2. The van der Waals surface area contributed by atoms with E-state index in [4.69, 9.17) is 23.2 Å². The second-order valence-electron chi connectivity index (χ2n) is 4.39. The van der Waals surface area contributed by atoms with Gasteiger partial charge in [0.05, 0.1) is 16.4 Å². The third-order valence-electron chi connectivity index (χ3n) is 3.29. The maximum absolute atomic E-state index is 6.24. The normalized spacial score (nSPS) is 21.9. The summed E-state index contributed by atoms with van der Waals surface area (Å²) < 4.78 is 1.88. The minimum absolute atomic E-state index is 0.493. The number of hydrogen-bond acceptors (Lipinski definition) is 2. The van der Waals surface area contributed by atoms with Crippen LogP contribution in [-0.2, 0) is 13.6 Å². The van der Waals surface area contributed by atoms with Crippen LogP contribution in [0.15, 0.2) is 0 Å². The van der Waals surface area contributed by atoms with Gasteiger partial charge in [0.2, 0.25) is 0 Å². The lowest BCUT2D eigenvalue weighted by atomic mass is 10.2. The first kappa shape index (κ1) is 12.2. The van der Waals surface area contributed by atoms with Crippen molar-refractivity contribution in [3.8, 4) is 0 Å². The number of likely N-dealkylation sites (tertiary alicyclic amines) is 1. The number of alkyl halides is 1. The number of aryl methyl sites for hydroxylation is 2. The summed E-state index contributed by atoms with van der Waals surface area (Å²) in [5.41, 5.74) is 2.00. The largest absolute Gasteiger partial charge is 0.293 e. The minimum Gasteiger partial charge on any atom is -0.293 e. The molecule has 0 bridgehead atoms. The van der Waals surface area contributed by atoms with E-state index in [2.05, 4.69) is 10.00 Å². The first-order valence-electron chi connectivity index (χ1n) is 5.61. The molecule has 1 fully saturated rings. The van der Waals surface area contributed by atoms with Crippen molar-refractivity contribution >= 4 is 23.2 Å². The van der Waals surface area contributed by atoms with Crippen LogP contribution in [0.4, 0.5) is 0 Å². The molecule has 1 saturated heterocycles. The molecule has 0 saturated carbocycles. The van der Waals surface area contributed by atoms with Gasteiger partial charge in [-0.15, -0.1) is 11.6 Å². The van der Waals surface area contributed by atoms with Crippen LogP contribution in [0.3, 0.4) is 0 Å². The van der Waals surface area contributed by atoms with Gasteiger partial charge in [-0.1, -0.05) is 11.6 Å². The van der Waals surface area contributed by atoms with E-state index in [-0.39, 0.29) is 0 Å². The molecular formula is C11H17Cl2N3. The topological polar surface area (TPSA) is 21.1 Å². The molecule has 0 spiro atoms. The molecule has 16 heavy (non-hydrogen) atoms. The van der Waals surface area contributed by atoms with E-state index in [1.54, 1.807) is 0 Å². The molecule has 5 heteroatoms. The monoisotopic (exact) mass is 261 g/mol. The summed E-state index contributed by atoms with van der Waals surface area (Å²) in [6.45, 7) is 3.90. The first-order chi connectivity index (χ1) is 7.63. The van der Waals surface area contributed by atoms with Crippen molar-refractivity contribution in [3.63, 3.8) is 0 Å². The molecule has 0 amide bonds. The standard InChI is InChI=1S/C11H17Cl2N3/c1-8-11(13)10(15(2)14-8)7-16-5-3-4-9(16)6-12/h9H,3-7H2,1-2H3. The maximum Gasteiger partial charge on any atom is 0.0860 e. The van der Waals surface area contributed by atoms with E-state index in [0.717, 1.165) is 29.5 Å². The average molecular weight is 262 g/mol. The van der Waals surface area contributed by atoms with Crippen LogP contribution in [0.1, 0.15) is 24.2 Å². The smallest absolute Gasteiger partial charge is 0.0860 e. The fourth-order valence-corrected chi connectivity index (χ4v) is 2.89. The van der Waals surface area contributed by atoms with Crippen molar-refractivity contribution < 1.29 is 0 Å². The molecule has 0 aromatic carbocycles. The molecule has 3 nitrogen and oxygen atoms in total. The third-order valence-corrected chi connectivity index (χ3v) is 4.14. The summed E-state index contributed by atoms with van der Waals surface area (Å²) >= 11 is 12.2. The highest BCUT2D eigenvalue weighted by atomic mass is 35.5. The summed E-state index contributed by atoms with van der Waals surface area (Å²) in [6.07, 6.45) is 2.42. The van der Waals surface area contributed by atoms with Crippen LogP contribution in [0.5, 0.6) is 0 Å². The van der Waals surface area contributed by atoms with Crippen molar-refractivity contribution in [2.75, 3.05) is 12.4 Å². The van der Waals surface area contributed by atoms with E-state index >= 15 is 0 Å². The lowest BCUT2D eigenvalue weighted by Gasteiger charge is -2.22. The zero-order valence-corrected chi connectivity index (χ0v) is 11.2. The van der Waals surface area contributed by atoms with Gasteiger partial charge in [0.25, 0.3) is 0 Å². The molecule has 0 N–H and O–H groups in total. The summed E-state index contributed by atoms with van der Waals surface area (Å²) in [6, 6.07) is 0.493. The molecule has 1 aliphatic heterocycles. The van der Waals surface area contributed by atoms with E-state index < -0.39 is 0 Å². The van der Waals surface area contributed by atoms with Crippen LogP contribution in [0.25, 0.3) is 0 Å². The maximum atomic E-state index is 6.24. The van der Waals surface area contributed by atoms with Gasteiger partial charge in [0.1, 0.15) is 0 Å². The van der Waals surface area contributed by atoms with E-state index in [1.807, 2.05) is 18.7 Å². The molecule has 1 unspecified atom stereocenters. The Bertz CT molecular complexity index is 376. The Kier molecular flexibility index (Phi) is 3.77. The van der Waals surface area contributed by atoms with Gasteiger partial charge in [-0.25, -0.2) is 0 Å². The zero-order valence-electron chi connectivity index (χ0n) is 9.71. The van der Waals surface area contributed by atoms with Crippen LogP contribution >= 0.6 is 23.2 Å². The fraction of sp³-hybridized carbons (Fsp3) is 0.727. The summed E-state index contributed by atoms with van der Waals surface area (Å²) in [7, 11) is 1.94. The SMILES string of the molecule is Cc1nn(C)c(CN2CCCC2CCl)c1Cl. The van der Waals surface area contributed by atoms with Crippen LogP contribution in [0.2, 0.25) is 5.02 Å². The molecule has 1 aromatic heterocycles. The van der Waals surface area contributed by atoms with E-state index in [1.165, 1.54) is 12.8 Å². The Morgan fingerprint density at radius 3 is 2.81 bits per heavy atom. The predicted molar refractivity (Wildman–Crippen MR) is 67.1 cm³/mol. The second kappa shape index (κ2) is 4.94. The van der Waals surface area contributed by atoms with Gasteiger partial charge in [0, 0.05) is 25.5 Å². The number of aromatic nitrogens is 2. The molecule has 2 rings (SSSR count). The van der Waals surface area contributed by atoms with E-state index in [0.29, 0.717) is 11.9 Å². The highest BCUT2D eigenvalue weighted by Gasteiger charge is 2.25. The van der Waals surface area contributed by atoms with Crippen molar-refractivity contribution in [1.29, 1.82) is 0 Å². The molecule has 1 aromatic rings. The Labute approximate surface area is 106 Å². The number of rotatable bonds is 3. The fourth-order valence-electron chi connectivity index (χ4n) is 2.32. The Morgan fingerprint density at radius 2 is 2.25 bits per heavy atom. The lowest BCUT2D eigenvalue weighted by molar-refractivity contribution is 0.256. The van der Waals surface area contributed by atoms with E-state index in [9.17, 15) is 0 Å². The van der Waals surface area contributed by atoms with Gasteiger partial charge in [-0.3, -0.25) is 9.58 Å². The molecule has 0 aliphatic carbocycles. The first-order valence-corrected chi connectivity index (χ1v) is 6.52. The molecule has 2 heterocycles. The summed E-state index contributed by atoms with van der Waals surface area (Å²) in [5.74, 6) is 0.703. The molecule has 1 atom stereocenters. The quantitative estimate of drug-likeness (QED) is 0.781. The average Bonchev–Trinajstić information content (AvgIpc) is 2.79. The van der Waals surface area contributed by atoms with Gasteiger partial charge >= 0.3 is 0 Å². The van der Waals surface area contributed by atoms with Crippen LogP contribution in [0, 0.1) is 6.92 Å². The van der Waals surface area contributed by atoms with Crippen molar-refractivity contribution in [2.24, 2.45) is 7.05 Å². The number of hydrogen-bond donors (Lipinski definition) is 0. The highest BCUT2D eigenvalue weighted by Crippen LogP contribution is 2.25. The van der Waals surface area contributed by atoms with Gasteiger partial charge in [-0.2, -0.15) is 5.10 Å². The number of nitrogens with zero attached hydrogens (tertiary/aromatic N) is 3. The van der Waals surface area contributed by atoms with Crippen molar-refractivity contribution in [3.05, 3.63) is 16.4 Å². The molecule has 0 radical (unpaired) electrons. The molecule has 1 aliphatic rings. The zero-order chi connectivity index (χ0) is 11.7. The van der Waals surface area contributed by atoms with Gasteiger partial charge in [0.15, 0.2) is 0 Å². The molecule has 90 valence electrons. The van der Waals surface area contributed by atoms with Gasteiger partial charge in [-0.05, 0) is 26.3 Å². The van der Waals surface area contributed by atoms with Crippen molar-refractivity contribution in [2.45, 2.75) is 32.4 Å². The Hall–Kier alpha value is -0.250. The Balaban J connectivity index is 2.14. The third kappa shape index (κ3) is 2.22. The minimum atomic E-state index is 0.493. The van der Waals surface area contributed by atoms with Crippen LogP contribution < -0.4 is 0 Å². The second-order valence-corrected chi connectivity index (χ2v) is 5.08. The predicted octanol–water partition coefficient (Wildman–Crippen LogP) is 2.59. The molecular weight excluding hydrogens is 245 g/mol. The van der Waals surface area contributed by atoms with Gasteiger partial charge < -0.3 is 0 Å². The highest BCUT2D eigenvalue weighted by molar-refractivity contribution is 6.31.